The number of ketones is 2. The van der Waals surface area contributed by atoms with E-state index in [1.165, 1.54) is 6.42 Å². The first-order valence-electron chi connectivity index (χ1n) is 7.46. The van der Waals surface area contributed by atoms with E-state index in [0.717, 1.165) is 23.7 Å². The Morgan fingerprint density at radius 3 is 2.05 bits per heavy atom. The Morgan fingerprint density at radius 1 is 0.737 bits per heavy atom. The Morgan fingerprint density at radius 2 is 1.37 bits per heavy atom. The molecule has 6 aliphatic rings. The van der Waals surface area contributed by atoms with Crippen LogP contribution in [0.25, 0.3) is 0 Å². The molecule has 1 aromatic rings. The molecular weight excluding hydrogens is 236 g/mol. The maximum atomic E-state index is 12.7. The predicted octanol–water partition coefficient (Wildman–Crippen LogP) is 2.44. The summed E-state index contributed by atoms with van der Waals surface area (Å²) in [5.41, 5.74) is 1.39. The third-order valence-electron chi connectivity index (χ3n) is 6.85. The van der Waals surface area contributed by atoms with E-state index in [1.54, 1.807) is 0 Å². The van der Waals surface area contributed by atoms with Crippen molar-refractivity contribution in [3.8, 4) is 0 Å². The minimum absolute atomic E-state index is 0.0393. The zero-order chi connectivity index (χ0) is 12.5. The number of carbonyl (C=O) groups excluding carboxylic acids is 2. The lowest BCUT2D eigenvalue weighted by atomic mass is 9.44. The van der Waals surface area contributed by atoms with Crippen molar-refractivity contribution in [1.82, 2.24) is 0 Å². The van der Waals surface area contributed by atoms with E-state index in [0.29, 0.717) is 23.0 Å². The lowest BCUT2D eigenvalue weighted by Gasteiger charge is -2.57. The Kier molecular flexibility index (Phi) is 1.28. The van der Waals surface area contributed by atoms with Gasteiger partial charge in [0, 0.05) is 23.0 Å². The average Bonchev–Trinajstić information content (AvgIpc) is 3.30. The zero-order valence-corrected chi connectivity index (χ0v) is 10.5. The minimum atomic E-state index is 0.0393. The van der Waals surface area contributed by atoms with Gasteiger partial charge in [0.2, 0.25) is 0 Å². The lowest BCUT2D eigenvalue weighted by Crippen LogP contribution is -2.60. The fourth-order valence-electron chi connectivity index (χ4n) is 6.04. The first kappa shape index (κ1) is 9.46. The van der Waals surface area contributed by atoms with Gasteiger partial charge in [0.15, 0.2) is 11.6 Å². The van der Waals surface area contributed by atoms with Gasteiger partial charge in [0.05, 0.1) is 0 Å². The van der Waals surface area contributed by atoms with Crippen LogP contribution in [0.3, 0.4) is 0 Å². The summed E-state index contributed by atoms with van der Waals surface area (Å²) in [7, 11) is 0. The van der Waals surface area contributed by atoms with Gasteiger partial charge in [-0.05, 0) is 41.9 Å². The van der Waals surface area contributed by atoms with E-state index in [-0.39, 0.29) is 23.4 Å². The van der Waals surface area contributed by atoms with Crippen molar-refractivity contribution in [3.63, 3.8) is 0 Å². The van der Waals surface area contributed by atoms with Gasteiger partial charge < -0.3 is 0 Å². The molecule has 19 heavy (non-hydrogen) atoms. The number of carbonyl (C=O) groups is 2. The van der Waals surface area contributed by atoms with Crippen molar-refractivity contribution in [2.45, 2.75) is 6.42 Å². The van der Waals surface area contributed by atoms with E-state index in [2.05, 4.69) is 0 Å². The Labute approximate surface area is 111 Å². The van der Waals surface area contributed by atoms with Crippen LogP contribution < -0.4 is 0 Å². The molecule has 0 aliphatic heterocycles. The van der Waals surface area contributed by atoms with E-state index in [1.807, 2.05) is 24.3 Å². The largest absolute Gasteiger partial charge is 0.294 e. The second-order valence-electron chi connectivity index (χ2n) is 7.20. The van der Waals surface area contributed by atoms with Crippen molar-refractivity contribution < 1.29 is 9.59 Å². The lowest BCUT2D eigenvalue weighted by molar-refractivity contribution is -0.0616. The molecule has 0 radical (unpaired) electrons. The van der Waals surface area contributed by atoms with E-state index < -0.39 is 0 Å². The van der Waals surface area contributed by atoms with Crippen LogP contribution in [0.2, 0.25) is 0 Å². The van der Waals surface area contributed by atoms with Gasteiger partial charge in [-0.15, -0.1) is 0 Å². The van der Waals surface area contributed by atoms with Gasteiger partial charge >= 0.3 is 0 Å². The summed E-state index contributed by atoms with van der Waals surface area (Å²) in [5.74, 6) is 5.41. The van der Waals surface area contributed by atoms with E-state index >= 15 is 0 Å². The first-order valence-corrected chi connectivity index (χ1v) is 7.46. The van der Waals surface area contributed by atoms with Crippen LogP contribution in [0.15, 0.2) is 24.3 Å². The summed E-state index contributed by atoms with van der Waals surface area (Å²) >= 11 is 0. The van der Waals surface area contributed by atoms with Crippen LogP contribution in [0.4, 0.5) is 0 Å². The summed E-state index contributed by atoms with van der Waals surface area (Å²) in [5, 5.41) is 0. The van der Waals surface area contributed by atoms with Crippen LogP contribution in [0.5, 0.6) is 0 Å². The molecule has 5 saturated carbocycles. The molecule has 5 fully saturated rings. The molecule has 6 atom stereocenters. The highest BCUT2D eigenvalue weighted by Gasteiger charge is 2.83. The van der Waals surface area contributed by atoms with Crippen molar-refractivity contribution in [1.29, 1.82) is 0 Å². The topological polar surface area (TPSA) is 34.1 Å². The van der Waals surface area contributed by atoms with Crippen LogP contribution in [-0.2, 0) is 0 Å². The van der Waals surface area contributed by atoms with Crippen molar-refractivity contribution >= 4 is 11.6 Å². The number of rotatable bonds is 0. The molecular formula is C17H14O2. The summed E-state index contributed by atoms with van der Waals surface area (Å²) < 4.78 is 0. The van der Waals surface area contributed by atoms with Gasteiger partial charge in [0.25, 0.3) is 0 Å². The molecule has 0 spiro atoms. The maximum absolute atomic E-state index is 12.7. The summed E-state index contributed by atoms with van der Waals surface area (Å²) in [6.07, 6.45) is 1.23. The predicted molar refractivity (Wildman–Crippen MR) is 67.6 cm³/mol. The molecule has 7 rings (SSSR count). The fraction of sp³-hybridized carbons (Fsp3) is 0.529. The van der Waals surface area contributed by atoms with Gasteiger partial charge in [-0.1, -0.05) is 24.3 Å². The fourth-order valence-corrected chi connectivity index (χ4v) is 6.04. The third kappa shape index (κ3) is 0.817. The number of benzene rings is 1. The second-order valence-corrected chi connectivity index (χ2v) is 7.20. The number of Topliss-reactive ketones (excluding diaryl/α,β-unsaturated/α-hetero) is 2. The highest BCUT2D eigenvalue weighted by molar-refractivity contribution is 6.17. The Balaban J connectivity index is 1.51. The Bertz CT molecular complexity index is 659. The highest BCUT2D eigenvalue weighted by Crippen LogP contribution is 2.86. The van der Waals surface area contributed by atoms with Gasteiger partial charge in [-0.3, -0.25) is 9.59 Å². The summed E-state index contributed by atoms with van der Waals surface area (Å²) in [6.45, 7) is 0. The molecule has 94 valence electrons. The van der Waals surface area contributed by atoms with Crippen LogP contribution >= 0.6 is 0 Å². The van der Waals surface area contributed by atoms with E-state index in [4.69, 9.17) is 0 Å². The summed E-state index contributed by atoms with van der Waals surface area (Å²) in [4.78, 5) is 25.4. The smallest absolute Gasteiger partial charge is 0.167 e. The molecule has 0 saturated heterocycles. The SMILES string of the molecule is O=C1c2ccccc2C(=O)[C@@H]2[C@H]1[C@H]1CC3C4C3C4[C@H]12. The molecule has 6 aliphatic carbocycles. The van der Waals surface area contributed by atoms with Crippen LogP contribution in [0, 0.1) is 47.3 Å². The van der Waals surface area contributed by atoms with Crippen LogP contribution in [-0.4, -0.2) is 11.6 Å². The molecule has 2 bridgehead atoms. The molecule has 0 N–H and O–H groups in total. The zero-order valence-electron chi connectivity index (χ0n) is 10.5. The van der Waals surface area contributed by atoms with Gasteiger partial charge in [0.1, 0.15) is 0 Å². The normalized spacial score (nSPS) is 54.3. The molecule has 0 heterocycles. The third-order valence-corrected chi connectivity index (χ3v) is 6.85. The molecule has 2 nitrogen and oxygen atoms in total. The van der Waals surface area contributed by atoms with Gasteiger partial charge in [-0.2, -0.15) is 0 Å². The number of hydrogen-bond donors (Lipinski definition) is 0. The number of hydrogen-bond acceptors (Lipinski definition) is 2. The average molecular weight is 250 g/mol. The molecule has 2 heteroatoms. The number of fused-ring (bicyclic) bond motifs is 2. The Hall–Kier alpha value is -1.44. The summed E-state index contributed by atoms with van der Waals surface area (Å²) in [6, 6.07) is 7.45. The molecule has 0 amide bonds. The molecule has 0 aromatic heterocycles. The minimum Gasteiger partial charge on any atom is -0.294 e. The monoisotopic (exact) mass is 250 g/mol. The second kappa shape index (κ2) is 2.56. The van der Waals surface area contributed by atoms with E-state index in [9.17, 15) is 9.59 Å². The quantitative estimate of drug-likeness (QED) is 0.708. The highest BCUT2D eigenvalue weighted by atomic mass is 16.1. The molecule has 1 aromatic carbocycles. The van der Waals surface area contributed by atoms with Crippen molar-refractivity contribution in [2.75, 3.05) is 0 Å². The standard InChI is InChI=1S/C17H14O2/c18-16-6-3-1-2-4-7(6)17(19)15-12-9(13(15)16)5-8-10-11(8)14(10)12/h1-4,8-15H,5H2/t8?,9-,10?,11?,12-,13+,14?,15-/m0/s1. The van der Waals surface area contributed by atoms with Crippen molar-refractivity contribution in [3.05, 3.63) is 35.4 Å². The van der Waals surface area contributed by atoms with Crippen molar-refractivity contribution in [2.24, 2.45) is 47.3 Å². The maximum Gasteiger partial charge on any atom is 0.167 e. The van der Waals surface area contributed by atoms with Gasteiger partial charge in [-0.25, -0.2) is 0 Å². The van der Waals surface area contributed by atoms with Crippen LogP contribution in [0.1, 0.15) is 27.1 Å². The molecule has 2 unspecified atom stereocenters. The first-order chi connectivity index (χ1) is 9.29.